The number of ether oxygens (including phenoxy) is 3. The Bertz CT molecular complexity index is 2110. The summed E-state index contributed by atoms with van der Waals surface area (Å²) in [6, 6.07) is 19.2. The van der Waals surface area contributed by atoms with E-state index in [-0.39, 0.29) is 41.8 Å². The first-order valence-corrected chi connectivity index (χ1v) is 19.6. The molecule has 0 spiro atoms. The number of hydrogen-bond acceptors (Lipinski definition) is 10. The molecule has 0 aliphatic carbocycles. The summed E-state index contributed by atoms with van der Waals surface area (Å²) in [5.74, 6) is -0.577. The minimum atomic E-state index is -1.08. The van der Waals surface area contributed by atoms with Crippen molar-refractivity contribution >= 4 is 30.1 Å². The Hall–Kier alpha value is -5.70. The standard InChI is InChI=1S/C42H51F2N9O5/c1-30(2)40(31(3)56-20-4-15-46-29-54)53-41(55)52(28-49-53)36-8-6-34(7-9-36)50-16-18-51(19-17-50)35-10-12-37(13-11-35)57-23-32-22-42(58-24-32,25-47-27-48-26-45)38-14-5-33(43)21-39(38)44/h5-14,21,26-28,30-32,40H,4,15-20,22-25H2,1-3H3,(H2,45,47,48). The predicted molar refractivity (Wildman–Crippen MR) is 219 cm³/mol. The SMILES string of the molecule is CC(C)C(C(C)OCCCN=C=O)n1ncn(-c2ccc(N3CCN(c4ccc(OCC5COC(CN=CN=CN)(c6ccc(F)cc6F)C5)cc4)CC3)cc2)c1=O. The van der Waals surface area contributed by atoms with Crippen LogP contribution in [0.25, 0.3) is 5.69 Å². The van der Waals surface area contributed by atoms with E-state index in [9.17, 15) is 18.4 Å². The van der Waals surface area contributed by atoms with E-state index in [0.29, 0.717) is 45.0 Å². The second kappa shape index (κ2) is 19.6. The Morgan fingerprint density at radius 2 is 1.67 bits per heavy atom. The minimum Gasteiger partial charge on any atom is -0.493 e. The maximum atomic E-state index is 14.9. The molecule has 2 aliphatic rings. The predicted octanol–water partition coefficient (Wildman–Crippen LogP) is 5.29. The molecule has 2 N–H and O–H groups in total. The van der Waals surface area contributed by atoms with Crippen molar-refractivity contribution in [2.45, 2.75) is 51.4 Å². The highest BCUT2D eigenvalue weighted by molar-refractivity contribution is 5.69. The second-order valence-corrected chi connectivity index (χ2v) is 14.9. The normalized spacial score (nSPS) is 19.6. The number of hydrogen-bond donors (Lipinski definition) is 1. The van der Waals surface area contributed by atoms with Gasteiger partial charge in [0.2, 0.25) is 6.08 Å². The molecule has 58 heavy (non-hydrogen) atoms. The van der Waals surface area contributed by atoms with Gasteiger partial charge in [0, 0.05) is 61.7 Å². The third kappa shape index (κ3) is 10.0. The van der Waals surface area contributed by atoms with Gasteiger partial charge in [0.05, 0.1) is 50.5 Å². The van der Waals surface area contributed by atoms with Crippen LogP contribution in [-0.2, 0) is 19.9 Å². The summed E-state index contributed by atoms with van der Waals surface area (Å²) < 4.78 is 50.0. The van der Waals surface area contributed by atoms with Gasteiger partial charge in [-0.3, -0.25) is 4.99 Å². The summed E-state index contributed by atoms with van der Waals surface area (Å²) in [5, 5.41) is 4.47. The van der Waals surface area contributed by atoms with Crippen LogP contribution in [0.2, 0.25) is 0 Å². The van der Waals surface area contributed by atoms with E-state index in [1.165, 1.54) is 29.2 Å². The number of carbonyl (C=O) groups excluding carboxylic acids is 1. The van der Waals surface area contributed by atoms with Crippen LogP contribution >= 0.6 is 0 Å². The number of aromatic nitrogens is 3. The number of nitrogens with zero attached hydrogens (tertiary/aromatic N) is 8. The van der Waals surface area contributed by atoms with Crippen molar-refractivity contribution in [3.63, 3.8) is 0 Å². The molecule has 0 amide bonds. The Balaban J connectivity index is 1.00. The van der Waals surface area contributed by atoms with E-state index in [2.05, 4.69) is 42.0 Å². The average molecular weight is 800 g/mol. The Morgan fingerprint density at radius 3 is 2.31 bits per heavy atom. The molecule has 0 radical (unpaired) electrons. The Morgan fingerprint density at radius 1 is 1.00 bits per heavy atom. The summed E-state index contributed by atoms with van der Waals surface area (Å²) in [5.41, 5.74) is 7.14. The van der Waals surface area contributed by atoms with E-state index in [0.717, 1.165) is 55.6 Å². The zero-order chi connectivity index (χ0) is 41.1. The number of isocyanates is 1. The van der Waals surface area contributed by atoms with Gasteiger partial charge in [-0.25, -0.2) is 37.6 Å². The van der Waals surface area contributed by atoms with Crippen LogP contribution in [0.4, 0.5) is 20.2 Å². The van der Waals surface area contributed by atoms with Gasteiger partial charge in [0.15, 0.2) is 0 Å². The van der Waals surface area contributed by atoms with Crippen molar-refractivity contribution in [2.24, 2.45) is 32.5 Å². The molecule has 16 heteroatoms. The molecule has 2 saturated heterocycles. The van der Waals surface area contributed by atoms with Crippen molar-refractivity contribution in [1.82, 2.24) is 14.3 Å². The highest BCUT2D eigenvalue weighted by Crippen LogP contribution is 2.41. The van der Waals surface area contributed by atoms with E-state index in [1.54, 1.807) is 10.9 Å². The first kappa shape index (κ1) is 41.9. The van der Waals surface area contributed by atoms with Crippen molar-refractivity contribution in [3.05, 3.63) is 101 Å². The molecule has 2 fully saturated rings. The van der Waals surface area contributed by atoms with Gasteiger partial charge >= 0.3 is 5.69 Å². The van der Waals surface area contributed by atoms with E-state index in [4.69, 9.17) is 19.9 Å². The average Bonchev–Trinajstić information content (AvgIpc) is 3.82. The number of halogens is 2. The summed E-state index contributed by atoms with van der Waals surface area (Å²) >= 11 is 0. The third-order valence-electron chi connectivity index (χ3n) is 10.7. The Kier molecular flexibility index (Phi) is 14.2. The molecular formula is C42H51F2N9O5. The van der Waals surface area contributed by atoms with Crippen LogP contribution in [0.1, 0.15) is 45.2 Å². The maximum Gasteiger partial charge on any atom is 0.350 e. The number of nitrogens with two attached hydrogens (primary N) is 1. The number of anilines is 2. The van der Waals surface area contributed by atoms with Gasteiger partial charge in [0.1, 0.15) is 35.7 Å². The van der Waals surface area contributed by atoms with Gasteiger partial charge in [-0.1, -0.05) is 19.9 Å². The quantitative estimate of drug-likeness (QED) is 0.0612. The van der Waals surface area contributed by atoms with E-state index >= 15 is 0 Å². The molecule has 0 bridgehead atoms. The largest absolute Gasteiger partial charge is 0.493 e. The van der Waals surface area contributed by atoms with Crippen molar-refractivity contribution in [3.8, 4) is 11.4 Å². The summed E-state index contributed by atoms with van der Waals surface area (Å²) in [6.07, 6.45) is 6.25. The smallest absolute Gasteiger partial charge is 0.350 e. The summed E-state index contributed by atoms with van der Waals surface area (Å²) in [6.45, 7) is 10.9. The lowest BCUT2D eigenvalue weighted by atomic mass is 9.87. The lowest BCUT2D eigenvalue weighted by Gasteiger charge is -2.37. The van der Waals surface area contributed by atoms with Gasteiger partial charge in [-0.2, -0.15) is 5.10 Å². The summed E-state index contributed by atoms with van der Waals surface area (Å²) in [4.78, 5) is 40.1. The van der Waals surface area contributed by atoms with Crippen LogP contribution in [0.5, 0.6) is 5.75 Å². The van der Waals surface area contributed by atoms with Gasteiger partial charge < -0.3 is 29.7 Å². The third-order valence-corrected chi connectivity index (χ3v) is 10.7. The monoisotopic (exact) mass is 799 g/mol. The van der Waals surface area contributed by atoms with Crippen molar-refractivity contribution in [1.29, 1.82) is 0 Å². The molecule has 3 heterocycles. The molecule has 4 aromatic rings. The van der Waals surface area contributed by atoms with Crippen molar-refractivity contribution < 1.29 is 27.8 Å². The fourth-order valence-electron chi connectivity index (χ4n) is 7.78. The number of aliphatic imine (C=N–C) groups is 3. The number of rotatable bonds is 18. The fourth-order valence-corrected chi connectivity index (χ4v) is 7.78. The molecule has 1 aromatic heterocycles. The molecular weight excluding hydrogens is 749 g/mol. The van der Waals surface area contributed by atoms with Crippen LogP contribution in [-0.4, -0.2) is 98.3 Å². The molecule has 14 nitrogen and oxygen atoms in total. The van der Waals surface area contributed by atoms with Gasteiger partial charge in [0.25, 0.3) is 0 Å². The van der Waals surface area contributed by atoms with Crippen LogP contribution in [0, 0.1) is 23.5 Å². The zero-order valence-electron chi connectivity index (χ0n) is 33.1. The van der Waals surface area contributed by atoms with Crippen LogP contribution in [0.15, 0.2) is 92.8 Å². The number of benzene rings is 3. The lowest BCUT2D eigenvalue weighted by molar-refractivity contribution is 0.00415. The zero-order valence-corrected chi connectivity index (χ0v) is 33.1. The molecule has 4 atom stereocenters. The highest BCUT2D eigenvalue weighted by atomic mass is 19.1. The molecule has 308 valence electrons. The fraction of sp³-hybridized carbons (Fsp3) is 0.452. The second-order valence-electron chi connectivity index (χ2n) is 14.9. The van der Waals surface area contributed by atoms with Crippen molar-refractivity contribution in [2.75, 3.05) is 68.9 Å². The first-order valence-electron chi connectivity index (χ1n) is 19.6. The summed E-state index contributed by atoms with van der Waals surface area (Å²) in [7, 11) is 0. The molecule has 0 saturated carbocycles. The van der Waals surface area contributed by atoms with Gasteiger partial charge in [-0.15, -0.1) is 0 Å². The van der Waals surface area contributed by atoms with E-state index in [1.807, 2.05) is 57.2 Å². The maximum absolute atomic E-state index is 14.9. The molecule has 3 aromatic carbocycles. The molecule has 2 aliphatic heterocycles. The minimum absolute atomic E-state index is 0.0441. The lowest BCUT2D eigenvalue weighted by Crippen LogP contribution is -2.46. The van der Waals surface area contributed by atoms with E-state index < -0.39 is 17.2 Å². The van der Waals surface area contributed by atoms with Crippen LogP contribution in [0.3, 0.4) is 0 Å². The molecule has 4 unspecified atom stereocenters. The number of piperazine rings is 1. The van der Waals surface area contributed by atoms with Gasteiger partial charge in [-0.05, 0) is 80.3 Å². The topological polar surface area (TPSA) is 154 Å². The molecule has 6 rings (SSSR count). The highest BCUT2D eigenvalue weighted by Gasteiger charge is 2.44. The Labute approximate surface area is 336 Å². The first-order chi connectivity index (χ1) is 28.1. The van der Waals surface area contributed by atoms with Crippen LogP contribution < -0.4 is 26.0 Å².